The molecule has 3 rings (SSSR count). The number of amides is 1. The molecule has 0 radical (unpaired) electrons. The number of hydrogen-bond acceptors (Lipinski definition) is 4. The van der Waals surface area contributed by atoms with Gasteiger partial charge in [0, 0.05) is 18.1 Å². The minimum Gasteiger partial charge on any atom is -0.354 e. The minimum atomic E-state index is -0.153. The van der Waals surface area contributed by atoms with E-state index in [0.29, 0.717) is 18.1 Å². The number of carbonyl (C=O) groups excluding carboxylic acids is 1. The minimum absolute atomic E-state index is 0.0276. The predicted octanol–water partition coefficient (Wildman–Crippen LogP) is 2.52. The maximum Gasteiger partial charge on any atom is 0.226 e. The number of nitrogens with zero attached hydrogens (tertiary/aromatic N) is 1. The van der Waals surface area contributed by atoms with Gasteiger partial charge in [-0.2, -0.15) is 0 Å². The first-order valence-electron chi connectivity index (χ1n) is 8.79. The molecule has 0 spiro atoms. The van der Waals surface area contributed by atoms with Gasteiger partial charge in [0.15, 0.2) is 0 Å². The van der Waals surface area contributed by atoms with Gasteiger partial charge in [0.2, 0.25) is 5.91 Å². The standard InChI is InChI=1S/C20H25ClN4O/c1-25(2)18(15-9-6-10-16(21)11-15)13-22-20(26)17-12-23-24-19(17)14-7-4-3-5-8-14/h3-11,17-19,23-24H,12-13H2,1-2H3,(H,22,26). The molecule has 1 saturated heterocycles. The van der Waals surface area contributed by atoms with Crippen molar-refractivity contribution in [3.8, 4) is 0 Å². The highest BCUT2D eigenvalue weighted by Crippen LogP contribution is 2.25. The Labute approximate surface area is 159 Å². The molecule has 138 valence electrons. The summed E-state index contributed by atoms with van der Waals surface area (Å²) < 4.78 is 0. The molecule has 3 N–H and O–H groups in total. The summed E-state index contributed by atoms with van der Waals surface area (Å²) in [5, 5.41) is 3.82. The maximum atomic E-state index is 12.8. The van der Waals surface area contributed by atoms with Gasteiger partial charge in [-0.05, 0) is 37.4 Å². The molecule has 1 heterocycles. The first-order valence-corrected chi connectivity index (χ1v) is 9.17. The normalized spacial score (nSPS) is 20.9. The first-order chi connectivity index (χ1) is 12.6. The Kier molecular flexibility index (Phi) is 6.27. The molecule has 0 saturated carbocycles. The number of halogens is 1. The fourth-order valence-electron chi connectivity index (χ4n) is 3.36. The van der Waals surface area contributed by atoms with Crippen molar-refractivity contribution in [2.45, 2.75) is 12.1 Å². The Morgan fingerprint density at radius 3 is 2.69 bits per heavy atom. The number of rotatable bonds is 6. The van der Waals surface area contributed by atoms with Crippen LogP contribution in [0, 0.1) is 5.92 Å². The van der Waals surface area contributed by atoms with Crippen LogP contribution < -0.4 is 16.2 Å². The van der Waals surface area contributed by atoms with E-state index in [9.17, 15) is 4.79 Å². The molecule has 6 heteroatoms. The van der Waals surface area contributed by atoms with Gasteiger partial charge < -0.3 is 10.2 Å². The lowest BCUT2D eigenvalue weighted by molar-refractivity contribution is -0.125. The average Bonchev–Trinajstić information content (AvgIpc) is 3.12. The van der Waals surface area contributed by atoms with Crippen molar-refractivity contribution in [2.24, 2.45) is 5.92 Å². The molecule has 1 amide bonds. The van der Waals surface area contributed by atoms with Crippen molar-refractivity contribution < 1.29 is 4.79 Å². The molecule has 1 aliphatic heterocycles. The molecule has 3 unspecified atom stereocenters. The molecule has 1 aliphatic rings. The summed E-state index contributed by atoms with van der Waals surface area (Å²) in [4.78, 5) is 14.9. The highest BCUT2D eigenvalue weighted by Gasteiger charge is 2.34. The molecule has 3 atom stereocenters. The third-order valence-electron chi connectivity index (χ3n) is 4.80. The van der Waals surface area contributed by atoms with Crippen LogP contribution >= 0.6 is 11.6 Å². The van der Waals surface area contributed by atoms with Crippen LogP contribution in [0.1, 0.15) is 23.2 Å². The van der Waals surface area contributed by atoms with Gasteiger partial charge in [0.05, 0.1) is 18.0 Å². The average molecular weight is 373 g/mol. The van der Waals surface area contributed by atoms with E-state index in [1.807, 2.05) is 68.7 Å². The molecule has 5 nitrogen and oxygen atoms in total. The maximum absolute atomic E-state index is 12.8. The molecule has 0 aromatic heterocycles. The number of hydrogen-bond donors (Lipinski definition) is 3. The number of benzene rings is 2. The first kappa shape index (κ1) is 18.9. The Bertz CT molecular complexity index is 738. The van der Waals surface area contributed by atoms with Gasteiger partial charge in [-0.1, -0.05) is 54.1 Å². The van der Waals surface area contributed by atoms with E-state index >= 15 is 0 Å². The number of nitrogens with one attached hydrogen (secondary N) is 3. The SMILES string of the molecule is CN(C)C(CNC(=O)C1CNNC1c1ccccc1)c1cccc(Cl)c1. The zero-order chi connectivity index (χ0) is 18.5. The summed E-state index contributed by atoms with van der Waals surface area (Å²) in [5.41, 5.74) is 8.52. The molecular weight excluding hydrogens is 348 g/mol. The third kappa shape index (κ3) is 4.43. The van der Waals surface area contributed by atoms with Crippen molar-refractivity contribution in [3.63, 3.8) is 0 Å². The molecule has 26 heavy (non-hydrogen) atoms. The Hall–Kier alpha value is -1.92. The van der Waals surface area contributed by atoms with Crippen molar-refractivity contribution in [1.82, 2.24) is 21.1 Å². The van der Waals surface area contributed by atoms with Gasteiger partial charge >= 0.3 is 0 Å². The Balaban J connectivity index is 1.66. The van der Waals surface area contributed by atoms with Crippen LogP contribution in [0.4, 0.5) is 0 Å². The van der Waals surface area contributed by atoms with Crippen LogP contribution in [0.25, 0.3) is 0 Å². The van der Waals surface area contributed by atoms with Crippen LogP contribution in [-0.4, -0.2) is 38.0 Å². The van der Waals surface area contributed by atoms with Gasteiger partial charge in [0.1, 0.15) is 0 Å². The summed E-state index contributed by atoms with van der Waals surface area (Å²) in [5.74, 6) is -0.107. The predicted molar refractivity (Wildman–Crippen MR) is 105 cm³/mol. The second kappa shape index (κ2) is 8.64. The van der Waals surface area contributed by atoms with E-state index in [-0.39, 0.29) is 23.9 Å². The summed E-state index contributed by atoms with van der Waals surface area (Å²) in [7, 11) is 4.01. The van der Waals surface area contributed by atoms with Gasteiger partial charge in [-0.3, -0.25) is 10.2 Å². The van der Waals surface area contributed by atoms with Crippen LogP contribution in [0.5, 0.6) is 0 Å². The lowest BCUT2D eigenvalue weighted by Gasteiger charge is -2.26. The lowest BCUT2D eigenvalue weighted by Crippen LogP contribution is -2.40. The number of likely N-dealkylation sites (N-methyl/N-ethyl adjacent to an activating group) is 1. The van der Waals surface area contributed by atoms with Crippen molar-refractivity contribution in [3.05, 3.63) is 70.7 Å². The van der Waals surface area contributed by atoms with Crippen LogP contribution in [0.15, 0.2) is 54.6 Å². The van der Waals surface area contributed by atoms with Crippen LogP contribution in [-0.2, 0) is 4.79 Å². The largest absolute Gasteiger partial charge is 0.354 e. The van der Waals surface area contributed by atoms with Crippen molar-refractivity contribution >= 4 is 17.5 Å². The second-order valence-corrected chi connectivity index (χ2v) is 7.24. The molecule has 0 aliphatic carbocycles. The zero-order valence-corrected chi connectivity index (χ0v) is 15.8. The number of hydrazine groups is 1. The van der Waals surface area contributed by atoms with Crippen LogP contribution in [0.2, 0.25) is 5.02 Å². The smallest absolute Gasteiger partial charge is 0.226 e. The molecule has 2 aromatic carbocycles. The summed E-state index contributed by atoms with van der Waals surface area (Å²) >= 11 is 6.12. The van der Waals surface area contributed by atoms with E-state index in [1.54, 1.807) is 0 Å². The van der Waals surface area contributed by atoms with Gasteiger partial charge in [0.25, 0.3) is 0 Å². The van der Waals surface area contributed by atoms with E-state index < -0.39 is 0 Å². The molecule has 0 bridgehead atoms. The fourth-order valence-corrected chi connectivity index (χ4v) is 3.56. The molecule has 1 fully saturated rings. The lowest BCUT2D eigenvalue weighted by atomic mass is 9.94. The van der Waals surface area contributed by atoms with E-state index in [4.69, 9.17) is 11.6 Å². The Morgan fingerprint density at radius 2 is 2.00 bits per heavy atom. The van der Waals surface area contributed by atoms with Crippen LogP contribution in [0.3, 0.4) is 0 Å². The highest BCUT2D eigenvalue weighted by atomic mass is 35.5. The second-order valence-electron chi connectivity index (χ2n) is 6.80. The molecule has 2 aromatic rings. The van der Waals surface area contributed by atoms with E-state index in [2.05, 4.69) is 21.1 Å². The number of carbonyl (C=O) groups is 1. The summed E-state index contributed by atoms with van der Waals surface area (Å²) in [6.07, 6.45) is 0. The monoisotopic (exact) mass is 372 g/mol. The quantitative estimate of drug-likeness (QED) is 0.729. The zero-order valence-electron chi connectivity index (χ0n) is 15.1. The van der Waals surface area contributed by atoms with Gasteiger partial charge in [-0.25, -0.2) is 5.43 Å². The van der Waals surface area contributed by atoms with Crippen molar-refractivity contribution in [1.29, 1.82) is 0 Å². The third-order valence-corrected chi connectivity index (χ3v) is 5.04. The Morgan fingerprint density at radius 1 is 1.23 bits per heavy atom. The van der Waals surface area contributed by atoms with E-state index in [0.717, 1.165) is 11.1 Å². The van der Waals surface area contributed by atoms with Crippen molar-refractivity contribution in [2.75, 3.05) is 27.2 Å². The summed E-state index contributed by atoms with van der Waals surface area (Å²) in [6, 6.07) is 17.9. The fraction of sp³-hybridized carbons (Fsp3) is 0.350. The molecular formula is C20H25ClN4O. The van der Waals surface area contributed by atoms with E-state index in [1.165, 1.54) is 0 Å². The summed E-state index contributed by atoms with van der Waals surface area (Å²) in [6.45, 7) is 1.14. The topological polar surface area (TPSA) is 56.4 Å². The highest BCUT2D eigenvalue weighted by molar-refractivity contribution is 6.30. The van der Waals surface area contributed by atoms with Gasteiger partial charge in [-0.15, -0.1) is 0 Å².